The van der Waals surface area contributed by atoms with E-state index in [9.17, 15) is 27.1 Å². The molecule has 1 aromatic heterocycles. The van der Waals surface area contributed by atoms with Gasteiger partial charge in [0.15, 0.2) is 11.5 Å². The molecule has 2 N–H and O–H groups in total. The molecule has 39 heavy (non-hydrogen) atoms. The highest BCUT2D eigenvalue weighted by Crippen LogP contribution is 2.54. The van der Waals surface area contributed by atoms with Crippen molar-refractivity contribution in [2.45, 2.75) is 37.9 Å². The molecule has 0 saturated carbocycles. The van der Waals surface area contributed by atoms with Gasteiger partial charge in [0.1, 0.15) is 11.6 Å². The molecule has 0 amide bonds. The summed E-state index contributed by atoms with van der Waals surface area (Å²) in [5, 5.41) is 10.6. The lowest BCUT2D eigenvalue weighted by molar-refractivity contribution is -0.286. The van der Waals surface area contributed by atoms with E-state index in [-0.39, 0.29) is 17.3 Å². The number of benzene rings is 2. The number of pyridine rings is 1. The van der Waals surface area contributed by atoms with E-state index >= 15 is 0 Å². The summed E-state index contributed by atoms with van der Waals surface area (Å²) in [6.07, 6.45) is -1.42. The molecular weight excluding hydrogens is 534 g/mol. The van der Waals surface area contributed by atoms with Crippen molar-refractivity contribution >= 4 is 21.8 Å². The smallest absolute Gasteiger partial charge is 0.497 e. The number of hydrogen-bond acceptors (Lipinski definition) is 7. The van der Waals surface area contributed by atoms with Crippen LogP contribution in [0.4, 0.5) is 14.6 Å². The molecule has 0 saturated heterocycles. The SMILES string of the molecule is CCCc1cc(OC)ccc1[C@@H]1c2nc(NS(C)(=O)=O)ccc2[C@H](c2ccc3c(c2)OC(F)(F)O3)[C@H]1C(=O)O. The molecule has 1 aliphatic carbocycles. The third-order valence-corrected chi connectivity index (χ3v) is 7.45. The van der Waals surface area contributed by atoms with Crippen molar-refractivity contribution in [3.8, 4) is 17.2 Å². The number of ether oxygens (including phenoxy) is 3. The molecule has 0 unspecified atom stereocenters. The van der Waals surface area contributed by atoms with Crippen molar-refractivity contribution in [1.29, 1.82) is 0 Å². The molecule has 1 aliphatic heterocycles. The Morgan fingerprint density at radius 2 is 1.79 bits per heavy atom. The maximum Gasteiger partial charge on any atom is 0.586 e. The van der Waals surface area contributed by atoms with Crippen LogP contribution in [0.2, 0.25) is 0 Å². The van der Waals surface area contributed by atoms with Crippen molar-refractivity contribution in [3.63, 3.8) is 0 Å². The van der Waals surface area contributed by atoms with E-state index in [0.717, 1.165) is 18.2 Å². The van der Waals surface area contributed by atoms with E-state index in [1.54, 1.807) is 25.3 Å². The van der Waals surface area contributed by atoms with Crippen molar-refractivity contribution < 1.29 is 41.3 Å². The van der Waals surface area contributed by atoms with E-state index in [4.69, 9.17) is 4.74 Å². The monoisotopic (exact) mass is 560 g/mol. The number of nitrogens with one attached hydrogen (secondary N) is 1. The number of sulfonamides is 1. The molecular formula is C27H26F2N2O7S. The van der Waals surface area contributed by atoms with Gasteiger partial charge in [0.05, 0.1) is 25.0 Å². The number of aryl methyl sites for hydroxylation is 1. The minimum Gasteiger partial charge on any atom is -0.497 e. The fraction of sp³-hybridized carbons (Fsp3) is 0.333. The van der Waals surface area contributed by atoms with Crippen LogP contribution in [0, 0.1) is 5.92 Å². The highest BCUT2D eigenvalue weighted by molar-refractivity contribution is 7.92. The molecule has 3 atom stereocenters. The highest BCUT2D eigenvalue weighted by atomic mass is 32.2. The number of carboxylic acids is 1. The molecule has 9 nitrogen and oxygen atoms in total. The molecule has 0 spiro atoms. The lowest BCUT2D eigenvalue weighted by Crippen LogP contribution is -2.26. The Labute approximate surface area is 223 Å². The van der Waals surface area contributed by atoms with Crippen molar-refractivity contribution in [1.82, 2.24) is 4.98 Å². The van der Waals surface area contributed by atoms with Crippen LogP contribution in [0.3, 0.4) is 0 Å². The molecule has 5 rings (SSSR count). The van der Waals surface area contributed by atoms with Gasteiger partial charge < -0.3 is 19.3 Å². The van der Waals surface area contributed by atoms with Gasteiger partial charge in [-0.2, -0.15) is 0 Å². The normalized spacial score (nSPS) is 20.9. The van der Waals surface area contributed by atoms with Crippen LogP contribution >= 0.6 is 0 Å². The van der Waals surface area contributed by atoms with E-state index in [0.29, 0.717) is 34.6 Å². The van der Waals surface area contributed by atoms with Gasteiger partial charge in [-0.15, -0.1) is 8.78 Å². The Hall–Kier alpha value is -3.93. The minimum absolute atomic E-state index is 0.0434. The van der Waals surface area contributed by atoms with Gasteiger partial charge in [-0.1, -0.05) is 31.5 Å². The zero-order valence-electron chi connectivity index (χ0n) is 21.3. The number of fused-ring (bicyclic) bond motifs is 2. The number of alkyl halides is 2. The van der Waals surface area contributed by atoms with Crippen LogP contribution in [0.25, 0.3) is 0 Å². The number of halogens is 2. The van der Waals surface area contributed by atoms with Crippen LogP contribution in [0.1, 0.15) is 53.1 Å². The van der Waals surface area contributed by atoms with Crippen molar-refractivity contribution in [2.75, 3.05) is 18.1 Å². The topological polar surface area (TPSA) is 124 Å². The fourth-order valence-electron chi connectivity index (χ4n) is 5.47. The third-order valence-electron chi connectivity index (χ3n) is 6.87. The van der Waals surface area contributed by atoms with Gasteiger partial charge in [0, 0.05) is 11.8 Å². The third kappa shape index (κ3) is 5.08. The predicted octanol–water partition coefficient (Wildman–Crippen LogP) is 4.71. The number of nitrogens with zero attached hydrogens (tertiary/aromatic N) is 1. The second-order valence-electron chi connectivity index (χ2n) is 9.55. The van der Waals surface area contributed by atoms with Crippen LogP contribution in [-0.4, -0.2) is 44.1 Å². The lowest BCUT2D eigenvalue weighted by atomic mass is 9.78. The zero-order chi connectivity index (χ0) is 28.1. The molecule has 2 heterocycles. The lowest BCUT2D eigenvalue weighted by Gasteiger charge is -2.24. The Bertz CT molecular complexity index is 1560. The first-order valence-corrected chi connectivity index (χ1v) is 14.1. The van der Waals surface area contributed by atoms with Gasteiger partial charge in [0.25, 0.3) is 0 Å². The molecule has 0 fully saturated rings. The van der Waals surface area contributed by atoms with Crippen molar-refractivity contribution in [3.05, 3.63) is 76.5 Å². The molecule has 2 aromatic carbocycles. The van der Waals surface area contributed by atoms with Gasteiger partial charge in [0.2, 0.25) is 10.0 Å². The maximum atomic E-state index is 13.7. The Morgan fingerprint density at radius 3 is 2.46 bits per heavy atom. The summed E-state index contributed by atoms with van der Waals surface area (Å²) >= 11 is 0. The molecule has 2 aliphatic rings. The summed E-state index contributed by atoms with van der Waals surface area (Å²) in [6, 6.07) is 12.7. The summed E-state index contributed by atoms with van der Waals surface area (Å²) in [4.78, 5) is 17.5. The van der Waals surface area contributed by atoms with Crippen LogP contribution in [0.15, 0.2) is 48.5 Å². The van der Waals surface area contributed by atoms with Crippen molar-refractivity contribution in [2.24, 2.45) is 5.92 Å². The quantitative estimate of drug-likeness (QED) is 0.406. The molecule has 3 aromatic rings. The predicted molar refractivity (Wildman–Crippen MR) is 137 cm³/mol. The first-order valence-electron chi connectivity index (χ1n) is 12.2. The van der Waals surface area contributed by atoms with E-state index in [2.05, 4.69) is 19.2 Å². The standard InChI is InChI=1S/C27H26F2N2O7S/c1-4-5-14-12-16(36-2)7-8-17(14)23-24(26(32)33)22(15-6-10-19-20(13-15)38-27(28,29)37-19)18-9-11-21(30-25(18)23)31-39(3,34)35/h6-13,22-24H,4-5H2,1-3H3,(H,30,31)(H,32,33)/t22-,23-,24+/m0/s1. The number of aromatic nitrogens is 1. The first-order chi connectivity index (χ1) is 18.4. The van der Waals surface area contributed by atoms with E-state index in [1.807, 2.05) is 13.0 Å². The van der Waals surface area contributed by atoms with E-state index < -0.39 is 40.0 Å². The summed E-state index contributed by atoms with van der Waals surface area (Å²) in [5.74, 6) is -3.50. The number of carboxylic acid groups (broad SMARTS) is 1. The largest absolute Gasteiger partial charge is 0.586 e. The zero-order valence-corrected chi connectivity index (χ0v) is 22.1. The summed E-state index contributed by atoms with van der Waals surface area (Å²) in [5.41, 5.74) is 2.92. The Morgan fingerprint density at radius 1 is 1.08 bits per heavy atom. The molecule has 12 heteroatoms. The average Bonchev–Trinajstić information content (AvgIpc) is 3.35. The minimum atomic E-state index is -3.82. The maximum absolute atomic E-state index is 13.7. The van der Waals surface area contributed by atoms with Gasteiger partial charge in [-0.25, -0.2) is 13.4 Å². The van der Waals surface area contributed by atoms with Crippen LogP contribution < -0.4 is 18.9 Å². The van der Waals surface area contributed by atoms with E-state index in [1.165, 1.54) is 24.3 Å². The summed E-state index contributed by atoms with van der Waals surface area (Å²) in [6.45, 7) is 2.00. The van der Waals surface area contributed by atoms with Gasteiger partial charge >= 0.3 is 12.3 Å². The summed E-state index contributed by atoms with van der Waals surface area (Å²) in [7, 11) is -2.12. The fourth-order valence-corrected chi connectivity index (χ4v) is 5.96. The Balaban J connectivity index is 1.72. The summed E-state index contributed by atoms with van der Waals surface area (Å²) < 4.78 is 68.2. The number of aliphatic carboxylic acids is 1. The average molecular weight is 561 g/mol. The van der Waals surface area contributed by atoms with Gasteiger partial charge in [-0.05, 0) is 59.0 Å². The Kier molecular flexibility index (Phi) is 6.61. The number of anilines is 1. The number of rotatable bonds is 8. The van der Waals surface area contributed by atoms with Crippen LogP contribution in [-0.2, 0) is 21.2 Å². The highest BCUT2D eigenvalue weighted by Gasteiger charge is 2.49. The van der Waals surface area contributed by atoms with Gasteiger partial charge in [-0.3, -0.25) is 9.52 Å². The second-order valence-corrected chi connectivity index (χ2v) is 11.3. The van der Waals surface area contributed by atoms with Crippen LogP contribution in [0.5, 0.6) is 17.2 Å². The molecule has 0 bridgehead atoms. The number of methoxy groups -OCH3 is 1. The number of carbonyl (C=O) groups is 1. The molecule has 206 valence electrons. The second kappa shape index (κ2) is 9.67. The first kappa shape index (κ1) is 26.7. The number of hydrogen-bond donors (Lipinski definition) is 2. The molecule has 0 radical (unpaired) electrons.